The van der Waals surface area contributed by atoms with E-state index >= 15 is 0 Å². The first-order valence-electron chi connectivity index (χ1n) is 4.13. The van der Waals surface area contributed by atoms with Crippen LogP contribution in [0.5, 0.6) is 0 Å². The highest BCUT2D eigenvalue weighted by molar-refractivity contribution is 9.10. The molecule has 1 aromatic rings. The quantitative estimate of drug-likeness (QED) is 0.850. The molecule has 0 aliphatic rings. The topological polar surface area (TPSA) is 70.2 Å². The Bertz CT molecular complexity index is 436. The van der Waals surface area contributed by atoms with Crippen LogP contribution < -0.4 is 5.43 Å². The van der Waals surface area contributed by atoms with Gasteiger partial charge in [0.05, 0.1) is 4.47 Å². The van der Waals surface area contributed by atoms with Crippen molar-refractivity contribution in [1.29, 1.82) is 0 Å². The highest BCUT2D eigenvalue weighted by Gasteiger charge is 2.17. The Morgan fingerprint density at radius 2 is 2.14 bits per heavy atom. The van der Waals surface area contributed by atoms with Gasteiger partial charge in [-0.2, -0.15) is 0 Å². The van der Waals surface area contributed by atoms with Gasteiger partial charge in [-0.15, -0.1) is 0 Å². The Kier molecular flexibility index (Phi) is 3.10. The number of halogens is 1. The van der Waals surface area contributed by atoms with Crippen molar-refractivity contribution >= 4 is 21.9 Å². The van der Waals surface area contributed by atoms with Gasteiger partial charge in [-0.25, -0.2) is 4.79 Å². The van der Waals surface area contributed by atoms with Gasteiger partial charge in [0.15, 0.2) is 0 Å². The van der Waals surface area contributed by atoms with E-state index in [4.69, 9.17) is 5.11 Å². The summed E-state index contributed by atoms with van der Waals surface area (Å²) in [7, 11) is 0. The molecule has 0 atom stereocenters. The fourth-order valence-electron chi connectivity index (χ4n) is 1.25. The van der Waals surface area contributed by atoms with E-state index in [1.54, 1.807) is 13.8 Å². The summed E-state index contributed by atoms with van der Waals surface area (Å²) >= 11 is 3.05. The second-order valence-electron chi connectivity index (χ2n) is 2.91. The van der Waals surface area contributed by atoms with Crippen LogP contribution in [0.15, 0.2) is 9.27 Å². The highest BCUT2D eigenvalue weighted by Crippen LogP contribution is 2.12. The third kappa shape index (κ3) is 1.72. The molecule has 5 heteroatoms. The summed E-state index contributed by atoms with van der Waals surface area (Å²) in [6, 6.07) is 0. The van der Waals surface area contributed by atoms with Crippen molar-refractivity contribution in [2.75, 3.05) is 0 Å². The summed E-state index contributed by atoms with van der Waals surface area (Å²) in [4.78, 5) is 25.3. The molecule has 1 rings (SSSR count). The fraction of sp³-hybridized carbons (Fsp3) is 0.333. The van der Waals surface area contributed by atoms with Gasteiger partial charge < -0.3 is 10.1 Å². The Labute approximate surface area is 89.1 Å². The van der Waals surface area contributed by atoms with E-state index in [9.17, 15) is 9.59 Å². The Hall–Kier alpha value is -1.10. The molecule has 0 aliphatic heterocycles. The lowest BCUT2D eigenvalue weighted by molar-refractivity contribution is 0.0693. The number of H-pyrrole nitrogens is 1. The van der Waals surface area contributed by atoms with Crippen molar-refractivity contribution < 1.29 is 9.90 Å². The molecule has 0 unspecified atom stereocenters. The number of hydrogen-bond donors (Lipinski definition) is 2. The van der Waals surface area contributed by atoms with Crippen molar-refractivity contribution in [1.82, 2.24) is 4.98 Å². The third-order valence-corrected chi connectivity index (χ3v) is 2.92. The van der Waals surface area contributed by atoms with Crippen LogP contribution in [0.4, 0.5) is 0 Å². The predicted molar refractivity (Wildman–Crippen MR) is 55.8 cm³/mol. The van der Waals surface area contributed by atoms with Crippen LogP contribution in [0.1, 0.15) is 28.7 Å². The average Bonchev–Trinajstić information content (AvgIpc) is 2.12. The molecule has 0 aromatic carbocycles. The second kappa shape index (κ2) is 3.96. The van der Waals surface area contributed by atoms with Gasteiger partial charge in [0, 0.05) is 11.4 Å². The zero-order chi connectivity index (χ0) is 10.9. The molecule has 1 heterocycles. The minimum absolute atomic E-state index is 0.176. The number of carboxylic acids is 1. The number of hydrogen-bond acceptors (Lipinski definition) is 2. The average molecular weight is 260 g/mol. The van der Waals surface area contributed by atoms with Crippen LogP contribution in [0.25, 0.3) is 0 Å². The zero-order valence-electron chi connectivity index (χ0n) is 7.85. The van der Waals surface area contributed by atoms with E-state index in [2.05, 4.69) is 20.9 Å². The van der Waals surface area contributed by atoms with Crippen LogP contribution in [0.3, 0.4) is 0 Å². The Balaban J connectivity index is 3.62. The molecule has 0 fully saturated rings. The molecule has 1 aromatic heterocycles. The summed E-state index contributed by atoms with van der Waals surface area (Å²) in [6.07, 6.45) is 0.491. The van der Waals surface area contributed by atoms with Crippen LogP contribution in [-0.4, -0.2) is 16.1 Å². The van der Waals surface area contributed by atoms with Gasteiger partial charge in [-0.05, 0) is 29.3 Å². The van der Waals surface area contributed by atoms with Gasteiger partial charge in [-0.3, -0.25) is 4.79 Å². The van der Waals surface area contributed by atoms with Crippen LogP contribution in [0, 0.1) is 6.92 Å². The number of carboxylic acid groups (broad SMARTS) is 1. The van der Waals surface area contributed by atoms with Gasteiger partial charge in [0.2, 0.25) is 5.43 Å². The smallest absolute Gasteiger partial charge is 0.341 e. The van der Waals surface area contributed by atoms with Crippen molar-refractivity contribution in [2.24, 2.45) is 0 Å². The maximum atomic E-state index is 11.6. The van der Waals surface area contributed by atoms with Crippen molar-refractivity contribution in [3.8, 4) is 0 Å². The van der Waals surface area contributed by atoms with E-state index in [0.717, 1.165) is 0 Å². The molecule has 0 aliphatic carbocycles. The summed E-state index contributed by atoms with van der Waals surface area (Å²) in [5.41, 5.74) is 0.468. The van der Waals surface area contributed by atoms with E-state index in [1.165, 1.54) is 0 Å². The SMILES string of the molecule is CCc1[nH]c(C)c(Br)c(=O)c1C(=O)O. The Morgan fingerprint density at radius 1 is 1.57 bits per heavy atom. The monoisotopic (exact) mass is 259 g/mol. The minimum atomic E-state index is -1.19. The number of rotatable bonds is 2. The molecule has 0 saturated carbocycles. The molecule has 14 heavy (non-hydrogen) atoms. The minimum Gasteiger partial charge on any atom is -0.477 e. The van der Waals surface area contributed by atoms with E-state index in [-0.39, 0.29) is 10.0 Å². The highest BCUT2D eigenvalue weighted by atomic mass is 79.9. The van der Waals surface area contributed by atoms with Gasteiger partial charge >= 0.3 is 5.97 Å². The lowest BCUT2D eigenvalue weighted by atomic mass is 10.1. The summed E-state index contributed by atoms with van der Waals surface area (Å²) in [5.74, 6) is -1.19. The van der Waals surface area contributed by atoms with E-state index in [1.807, 2.05) is 0 Å². The summed E-state index contributed by atoms with van der Waals surface area (Å²) in [6.45, 7) is 3.52. The van der Waals surface area contributed by atoms with Crippen molar-refractivity contribution in [3.05, 3.63) is 31.6 Å². The molecule has 0 bridgehead atoms. The van der Waals surface area contributed by atoms with Crippen molar-refractivity contribution in [3.63, 3.8) is 0 Å². The van der Waals surface area contributed by atoms with Crippen molar-refractivity contribution in [2.45, 2.75) is 20.3 Å². The standard InChI is InChI=1S/C9H10BrNO3/c1-3-5-6(9(13)14)8(12)7(10)4(2)11-5/h3H2,1-2H3,(H,11,12)(H,13,14). The predicted octanol–water partition coefficient (Wildman–Crippen LogP) is 1.71. The summed E-state index contributed by atoms with van der Waals surface area (Å²) < 4.78 is 0.284. The first-order chi connectivity index (χ1) is 6.49. The maximum Gasteiger partial charge on any atom is 0.341 e. The molecule has 0 saturated heterocycles. The van der Waals surface area contributed by atoms with Gasteiger partial charge in [0.25, 0.3) is 0 Å². The lowest BCUT2D eigenvalue weighted by Gasteiger charge is -2.06. The lowest BCUT2D eigenvalue weighted by Crippen LogP contribution is -2.21. The van der Waals surface area contributed by atoms with Crippen LogP contribution in [-0.2, 0) is 6.42 Å². The Morgan fingerprint density at radius 3 is 2.57 bits per heavy atom. The molecule has 0 spiro atoms. The second-order valence-corrected chi connectivity index (χ2v) is 3.70. The molecular weight excluding hydrogens is 250 g/mol. The number of pyridine rings is 1. The molecular formula is C9H10BrNO3. The molecule has 0 radical (unpaired) electrons. The molecule has 76 valence electrons. The third-order valence-electron chi connectivity index (χ3n) is 1.96. The van der Waals surface area contributed by atoms with Crippen LogP contribution >= 0.6 is 15.9 Å². The molecule has 0 amide bonds. The number of aromatic carboxylic acids is 1. The largest absolute Gasteiger partial charge is 0.477 e. The number of aryl methyl sites for hydroxylation is 2. The number of nitrogens with one attached hydrogen (secondary N) is 1. The normalized spacial score (nSPS) is 10.2. The number of aromatic nitrogens is 1. The first-order valence-corrected chi connectivity index (χ1v) is 4.92. The molecule has 2 N–H and O–H groups in total. The van der Waals surface area contributed by atoms with E-state index in [0.29, 0.717) is 17.8 Å². The maximum absolute atomic E-state index is 11.6. The fourth-order valence-corrected chi connectivity index (χ4v) is 1.55. The molecule has 4 nitrogen and oxygen atoms in total. The van der Waals surface area contributed by atoms with E-state index < -0.39 is 11.4 Å². The number of aromatic amines is 1. The first kappa shape index (κ1) is 11.0. The van der Waals surface area contributed by atoms with Gasteiger partial charge in [-0.1, -0.05) is 6.92 Å². The van der Waals surface area contributed by atoms with Crippen LogP contribution in [0.2, 0.25) is 0 Å². The summed E-state index contributed by atoms with van der Waals surface area (Å²) in [5, 5.41) is 8.85. The van der Waals surface area contributed by atoms with Gasteiger partial charge in [0.1, 0.15) is 5.56 Å². The zero-order valence-corrected chi connectivity index (χ0v) is 9.43. The number of carbonyl (C=O) groups is 1.